The Morgan fingerprint density at radius 2 is 1.52 bits per heavy atom. The molecule has 6 heteroatoms. The van der Waals surface area contributed by atoms with Gasteiger partial charge < -0.3 is 9.80 Å². The summed E-state index contributed by atoms with van der Waals surface area (Å²) in [6.45, 7) is 4.54. The van der Waals surface area contributed by atoms with Crippen LogP contribution in [0.1, 0.15) is 53.6 Å². The number of piperidine rings is 2. The normalized spacial score (nSPS) is 17.9. The van der Waals surface area contributed by atoms with Gasteiger partial charge in [-0.05, 0) is 69.1 Å². The van der Waals surface area contributed by atoms with Crippen molar-refractivity contribution >= 4 is 11.8 Å². The molecule has 0 aromatic heterocycles. The van der Waals surface area contributed by atoms with Crippen molar-refractivity contribution in [2.24, 2.45) is 11.8 Å². The van der Waals surface area contributed by atoms with Crippen LogP contribution in [0.3, 0.4) is 0 Å². The van der Waals surface area contributed by atoms with Crippen LogP contribution in [0.5, 0.6) is 0 Å². The topological polar surface area (TPSA) is 40.6 Å². The van der Waals surface area contributed by atoms with Gasteiger partial charge in [-0.15, -0.1) is 0 Å². The second kappa shape index (κ2) is 10.4. The Morgan fingerprint density at radius 3 is 2.15 bits per heavy atom. The van der Waals surface area contributed by atoms with Gasteiger partial charge in [0.1, 0.15) is 11.6 Å². The maximum absolute atomic E-state index is 14.0. The fourth-order valence-electron chi connectivity index (χ4n) is 4.99. The van der Waals surface area contributed by atoms with Gasteiger partial charge in [-0.2, -0.15) is 0 Å². The second-order valence-corrected chi connectivity index (χ2v) is 9.48. The van der Waals surface area contributed by atoms with Crippen LogP contribution in [-0.2, 0) is 11.2 Å². The van der Waals surface area contributed by atoms with Crippen molar-refractivity contribution in [3.8, 4) is 0 Å². The number of carbonyl (C=O) groups excluding carboxylic acids is 2. The second-order valence-electron chi connectivity index (χ2n) is 9.48. The number of amides is 2. The fraction of sp³-hybridized carbons (Fsp3) is 0.481. The van der Waals surface area contributed by atoms with Crippen molar-refractivity contribution in [3.05, 3.63) is 70.8 Å². The van der Waals surface area contributed by atoms with Crippen molar-refractivity contribution in [1.29, 1.82) is 0 Å². The largest absolute Gasteiger partial charge is 0.342 e. The minimum absolute atomic E-state index is 0.0868. The summed E-state index contributed by atoms with van der Waals surface area (Å²) in [5.41, 5.74) is 2.54. The summed E-state index contributed by atoms with van der Waals surface area (Å²) in [7, 11) is 0. The number of hydrogen-bond donors (Lipinski definition) is 0. The van der Waals surface area contributed by atoms with E-state index in [2.05, 4.69) is 31.2 Å². The van der Waals surface area contributed by atoms with E-state index in [1.165, 1.54) is 17.2 Å². The molecule has 0 radical (unpaired) electrons. The SMILES string of the molecule is Cc1ccc(CCC2CCN(C(=O)C3CCN(C(=O)c4ccc(F)cc4F)CC3)CC2)cc1. The number of carbonyl (C=O) groups is 2. The first-order valence-corrected chi connectivity index (χ1v) is 12.0. The highest BCUT2D eigenvalue weighted by atomic mass is 19.1. The number of nitrogens with zero attached hydrogens (tertiary/aromatic N) is 2. The van der Waals surface area contributed by atoms with E-state index in [1.807, 2.05) is 4.90 Å². The summed E-state index contributed by atoms with van der Waals surface area (Å²) in [6, 6.07) is 11.7. The molecule has 4 nitrogen and oxygen atoms in total. The highest BCUT2D eigenvalue weighted by Crippen LogP contribution is 2.27. The minimum Gasteiger partial charge on any atom is -0.342 e. The van der Waals surface area contributed by atoms with Gasteiger partial charge in [0, 0.05) is 38.2 Å². The third-order valence-corrected chi connectivity index (χ3v) is 7.18. The number of halogens is 2. The number of aryl methyl sites for hydroxylation is 2. The van der Waals surface area contributed by atoms with Crippen LogP contribution in [0.4, 0.5) is 8.78 Å². The van der Waals surface area contributed by atoms with Crippen molar-refractivity contribution in [2.75, 3.05) is 26.2 Å². The molecular weight excluding hydrogens is 422 g/mol. The van der Waals surface area contributed by atoms with Crippen LogP contribution in [0.2, 0.25) is 0 Å². The highest BCUT2D eigenvalue weighted by molar-refractivity contribution is 5.94. The lowest BCUT2D eigenvalue weighted by Gasteiger charge is -2.37. The summed E-state index contributed by atoms with van der Waals surface area (Å²) in [5.74, 6) is -1.23. The number of hydrogen-bond acceptors (Lipinski definition) is 2. The van der Waals surface area contributed by atoms with E-state index in [4.69, 9.17) is 0 Å². The smallest absolute Gasteiger partial charge is 0.256 e. The first-order chi connectivity index (χ1) is 15.9. The van der Waals surface area contributed by atoms with Crippen LogP contribution in [0.15, 0.2) is 42.5 Å². The van der Waals surface area contributed by atoms with E-state index in [0.29, 0.717) is 31.8 Å². The summed E-state index contributed by atoms with van der Waals surface area (Å²) in [5, 5.41) is 0. The molecule has 0 aliphatic carbocycles. The quantitative estimate of drug-likeness (QED) is 0.638. The first-order valence-electron chi connectivity index (χ1n) is 12.0. The van der Waals surface area contributed by atoms with Gasteiger partial charge in [0.05, 0.1) is 5.56 Å². The van der Waals surface area contributed by atoms with Gasteiger partial charge in [0.25, 0.3) is 5.91 Å². The zero-order chi connectivity index (χ0) is 23.4. The number of rotatable bonds is 5. The van der Waals surface area contributed by atoms with Crippen LogP contribution in [0.25, 0.3) is 0 Å². The molecule has 2 saturated heterocycles. The van der Waals surface area contributed by atoms with Gasteiger partial charge in [0.15, 0.2) is 0 Å². The van der Waals surface area contributed by atoms with Crippen molar-refractivity contribution in [3.63, 3.8) is 0 Å². The van der Waals surface area contributed by atoms with E-state index < -0.39 is 17.5 Å². The van der Waals surface area contributed by atoms with Crippen LogP contribution in [-0.4, -0.2) is 47.8 Å². The maximum Gasteiger partial charge on any atom is 0.256 e. The zero-order valence-electron chi connectivity index (χ0n) is 19.2. The van der Waals surface area contributed by atoms with Gasteiger partial charge in [-0.25, -0.2) is 8.78 Å². The molecule has 176 valence electrons. The zero-order valence-corrected chi connectivity index (χ0v) is 19.2. The van der Waals surface area contributed by atoms with Crippen LogP contribution in [0, 0.1) is 30.4 Å². The predicted octanol–water partition coefficient (Wildman–Crippen LogP) is 5.00. The molecule has 2 aromatic carbocycles. The molecule has 2 fully saturated rings. The Balaban J connectivity index is 1.21. The molecule has 0 bridgehead atoms. The van der Waals surface area contributed by atoms with E-state index in [-0.39, 0.29) is 17.4 Å². The number of likely N-dealkylation sites (tertiary alicyclic amines) is 2. The Hall–Kier alpha value is -2.76. The van der Waals surface area contributed by atoms with Crippen molar-refractivity contribution < 1.29 is 18.4 Å². The van der Waals surface area contributed by atoms with E-state index in [1.54, 1.807) is 4.90 Å². The molecule has 2 heterocycles. The fourth-order valence-corrected chi connectivity index (χ4v) is 4.99. The lowest BCUT2D eigenvalue weighted by atomic mass is 9.88. The molecule has 0 atom stereocenters. The molecule has 2 aromatic rings. The maximum atomic E-state index is 14.0. The standard InChI is InChI=1S/C27H32F2N2O2/c1-19-2-4-20(5-3-19)6-7-21-10-14-30(15-11-21)26(32)22-12-16-31(17-13-22)27(33)24-9-8-23(28)18-25(24)29/h2-5,8-9,18,21-22H,6-7,10-17H2,1H3. The predicted molar refractivity (Wildman–Crippen MR) is 124 cm³/mol. The summed E-state index contributed by atoms with van der Waals surface area (Å²) in [4.78, 5) is 29.2. The van der Waals surface area contributed by atoms with E-state index in [0.717, 1.165) is 50.9 Å². The summed E-state index contributed by atoms with van der Waals surface area (Å²) in [6.07, 6.45) is 5.49. The average Bonchev–Trinajstić information content (AvgIpc) is 2.83. The van der Waals surface area contributed by atoms with Crippen LogP contribution < -0.4 is 0 Å². The van der Waals surface area contributed by atoms with Crippen LogP contribution >= 0.6 is 0 Å². The highest BCUT2D eigenvalue weighted by Gasteiger charge is 2.32. The lowest BCUT2D eigenvalue weighted by Crippen LogP contribution is -2.46. The Labute approximate surface area is 194 Å². The molecule has 4 rings (SSSR count). The van der Waals surface area contributed by atoms with E-state index >= 15 is 0 Å². The van der Waals surface area contributed by atoms with Crippen molar-refractivity contribution in [2.45, 2.75) is 45.4 Å². The molecule has 0 spiro atoms. The monoisotopic (exact) mass is 454 g/mol. The van der Waals surface area contributed by atoms with Gasteiger partial charge >= 0.3 is 0 Å². The van der Waals surface area contributed by atoms with Crippen molar-refractivity contribution in [1.82, 2.24) is 9.80 Å². The molecule has 33 heavy (non-hydrogen) atoms. The molecule has 2 aliphatic heterocycles. The Morgan fingerprint density at radius 1 is 0.879 bits per heavy atom. The van der Waals surface area contributed by atoms with Gasteiger partial charge in [-0.3, -0.25) is 9.59 Å². The summed E-state index contributed by atoms with van der Waals surface area (Å²) >= 11 is 0. The molecule has 0 unspecified atom stereocenters. The van der Waals surface area contributed by atoms with Gasteiger partial charge in [-0.1, -0.05) is 29.8 Å². The van der Waals surface area contributed by atoms with E-state index in [9.17, 15) is 18.4 Å². The molecule has 2 amide bonds. The molecule has 0 saturated carbocycles. The average molecular weight is 455 g/mol. The molecule has 2 aliphatic rings. The minimum atomic E-state index is -0.844. The summed E-state index contributed by atoms with van der Waals surface area (Å²) < 4.78 is 27.1. The first kappa shape index (κ1) is 23.4. The Bertz CT molecular complexity index is 976. The molecular formula is C27H32F2N2O2. The van der Waals surface area contributed by atoms with Gasteiger partial charge in [0.2, 0.25) is 5.91 Å². The number of benzene rings is 2. The Kier molecular flexibility index (Phi) is 7.41. The molecule has 0 N–H and O–H groups in total. The third-order valence-electron chi connectivity index (χ3n) is 7.18. The lowest BCUT2D eigenvalue weighted by molar-refractivity contribution is -0.138. The third kappa shape index (κ3) is 5.79.